The summed E-state index contributed by atoms with van der Waals surface area (Å²) < 4.78 is 0. The van der Waals surface area contributed by atoms with E-state index in [2.05, 4.69) is 48.5 Å². The minimum atomic E-state index is 0.913. The lowest BCUT2D eigenvalue weighted by Gasteiger charge is -2.58. The fourth-order valence-electron chi connectivity index (χ4n) is 16.8. The van der Waals surface area contributed by atoms with Crippen molar-refractivity contribution in [3.63, 3.8) is 0 Å². The predicted molar refractivity (Wildman–Crippen MR) is 233 cm³/mol. The zero-order chi connectivity index (χ0) is 37.3. The van der Waals surface area contributed by atoms with Crippen molar-refractivity contribution in [2.24, 2.45) is 101 Å². The van der Waals surface area contributed by atoms with Crippen LogP contribution in [0.25, 0.3) is 0 Å². The quantitative estimate of drug-likeness (QED) is 0.123. The third-order valence-electron chi connectivity index (χ3n) is 19.2. The molecule has 0 aromatic heterocycles. The Hall–Kier alpha value is 0. The Morgan fingerprint density at radius 2 is 1.06 bits per heavy atom. The van der Waals surface area contributed by atoms with Gasteiger partial charge in [0.05, 0.1) is 0 Å². The van der Waals surface area contributed by atoms with Crippen LogP contribution in [0.4, 0.5) is 0 Å². The van der Waals surface area contributed by atoms with Crippen LogP contribution in [0.15, 0.2) is 0 Å². The smallest absolute Gasteiger partial charge is 0.0323 e. The van der Waals surface area contributed by atoms with Gasteiger partial charge in [0, 0.05) is 0 Å². The van der Waals surface area contributed by atoms with Crippen LogP contribution in [0.3, 0.4) is 0 Å². The van der Waals surface area contributed by atoms with Crippen molar-refractivity contribution >= 4 is 0 Å². The maximum Gasteiger partial charge on any atom is -0.0323 e. The van der Waals surface area contributed by atoms with E-state index in [-0.39, 0.29) is 0 Å². The summed E-state index contributed by atoms with van der Waals surface area (Å²) in [7, 11) is 0. The molecule has 17 atom stereocenters. The van der Waals surface area contributed by atoms with Gasteiger partial charge in [0.1, 0.15) is 0 Å². The van der Waals surface area contributed by atoms with Gasteiger partial charge in [-0.2, -0.15) is 0 Å². The van der Waals surface area contributed by atoms with E-state index in [1.165, 1.54) is 83.5 Å². The van der Waals surface area contributed by atoms with Gasteiger partial charge in [0.15, 0.2) is 0 Å². The molecule has 6 rings (SSSR count). The highest BCUT2D eigenvalue weighted by molar-refractivity contribution is 5.05. The standard InChI is InChI=1S/C53H96/c1-8-11-12-13-23-38(5)39(6)24-16-22-37(4)35-43(21-9-2)52-47-30-14-15-31-48(47)53(50-34-20-33-49(50)52)44-29-18-28-42(36-44)46-32-19-27-41-26-17-25-40(7)45(10-3)51(41)46/h37-53H,8-36H2,1-7H3. The second kappa shape index (κ2) is 21.1. The van der Waals surface area contributed by atoms with Crippen LogP contribution < -0.4 is 0 Å². The van der Waals surface area contributed by atoms with E-state index in [9.17, 15) is 0 Å². The van der Waals surface area contributed by atoms with Crippen LogP contribution >= 0.6 is 0 Å². The molecule has 53 heavy (non-hydrogen) atoms. The van der Waals surface area contributed by atoms with E-state index >= 15 is 0 Å². The third kappa shape index (κ3) is 10.4. The normalized spacial score (nSPS) is 41.4. The van der Waals surface area contributed by atoms with E-state index in [4.69, 9.17) is 0 Å². The van der Waals surface area contributed by atoms with E-state index in [0.717, 1.165) is 101 Å². The van der Waals surface area contributed by atoms with Gasteiger partial charge >= 0.3 is 0 Å². The molecule has 0 saturated heterocycles. The molecule has 0 bridgehead atoms. The molecule has 0 aromatic rings. The highest BCUT2D eigenvalue weighted by Gasteiger charge is 2.56. The van der Waals surface area contributed by atoms with Gasteiger partial charge in [0.25, 0.3) is 0 Å². The Balaban J connectivity index is 1.12. The average Bonchev–Trinajstić information content (AvgIpc) is 3.58. The summed E-state index contributed by atoms with van der Waals surface area (Å²) in [4.78, 5) is 0. The second-order valence-electron chi connectivity index (χ2n) is 22.2. The predicted octanol–water partition coefficient (Wildman–Crippen LogP) is 17.0. The first-order chi connectivity index (χ1) is 25.9. The maximum atomic E-state index is 2.69. The molecule has 6 saturated carbocycles. The molecule has 6 aliphatic rings. The van der Waals surface area contributed by atoms with E-state index in [1.54, 1.807) is 103 Å². The molecule has 0 aliphatic heterocycles. The lowest BCUT2D eigenvalue weighted by molar-refractivity contribution is -0.0935. The lowest BCUT2D eigenvalue weighted by Crippen LogP contribution is -2.51. The highest BCUT2D eigenvalue weighted by Crippen LogP contribution is 2.64. The molecule has 0 spiro atoms. The van der Waals surface area contributed by atoms with Gasteiger partial charge in [-0.3, -0.25) is 0 Å². The van der Waals surface area contributed by atoms with Gasteiger partial charge in [0.2, 0.25) is 0 Å². The second-order valence-corrected chi connectivity index (χ2v) is 22.2. The van der Waals surface area contributed by atoms with Crippen molar-refractivity contribution in [1.29, 1.82) is 0 Å². The van der Waals surface area contributed by atoms with Crippen molar-refractivity contribution in [1.82, 2.24) is 0 Å². The maximum absolute atomic E-state index is 2.69. The van der Waals surface area contributed by atoms with Crippen LogP contribution in [-0.2, 0) is 0 Å². The molecular formula is C53H96. The molecule has 6 fully saturated rings. The van der Waals surface area contributed by atoms with Crippen LogP contribution in [0, 0.1) is 101 Å². The molecule has 308 valence electrons. The molecule has 0 radical (unpaired) electrons. The molecule has 6 aliphatic carbocycles. The molecule has 0 N–H and O–H groups in total. The molecule has 0 nitrogen and oxygen atoms in total. The largest absolute Gasteiger partial charge is 0.0654 e. The number of unbranched alkanes of at least 4 members (excludes halogenated alkanes) is 3. The van der Waals surface area contributed by atoms with Crippen LogP contribution in [-0.4, -0.2) is 0 Å². The van der Waals surface area contributed by atoms with Gasteiger partial charge in [-0.05, 0) is 146 Å². The Morgan fingerprint density at radius 3 is 1.77 bits per heavy atom. The Bertz CT molecular complexity index is 1010. The van der Waals surface area contributed by atoms with Crippen molar-refractivity contribution in [2.45, 2.75) is 235 Å². The molecule has 0 amide bonds. The van der Waals surface area contributed by atoms with E-state index < -0.39 is 0 Å². The minimum absolute atomic E-state index is 0.913. The zero-order valence-electron chi connectivity index (χ0n) is 37.3. The Kier molecular flexibility index (Phi) is 17.0. The first-order valence-corrected chi connectivity index (χ1v) is 25.9. The summed E-state index contributed by atoms with van der Waals surface area (Å²) in [5.41, 5.74) is 0. The van der Waals surface area contributed by atoms with Gasteiger partial charge < -0.3 is 0 Å². The zero-order valence-corrected chi connectivity index (χ0v) is 37.3. The van der Waals surface area contributed by atoms with E-state index in [0.29, 0.717) is 0 Å². The summed E-state index contributed by atoms with van der Waals surface area (Å²) in [6.45, 7) is 18.0. The first kappa shape index (κ1) is 42.6. The number of hydrogen-bond donors (Lipinski definition) is 0. The minimum Gasteiger partial charge on any atom is -0.0654 e. The number of hydrogen-bond acceptors (Lipinski definition) is 0. The highest BCUT2D eigenvalue weighted by atomic mass is 14.6. The molecule has 0 aromatic carbocycles. The number of rotatable bonds is 18. The lowest BCUT2D eigenvalue weighted by atomic mass is 9.47. The summed E-state index contributed by atoms with van der Waals surface area (Å²) in [5, 5.41) is 0. The fourth-order valence-corrected chi connectivity index (χ4v) is 16.8. The summed E-state index contributed by atoms with van der Waals surface area (Å²) in [6.07, 6.45) is 44.5. The summed E-state index contributed by atoms with van der Waals surface area (Å²) >= 11 is 0. The molecule has 0 heterocycles. The van der Waals surface area contributed by atoms with Gasteiger partial charge in [-0.1, -0.05) is 190 Å². The third-order valence-corrected chi connectivity index (χ3v) is 19.2. The van der Waals surface area contributed by atoms with Crippen molar-refractivity contribution in [3.8, 4) is 0 Å². The van der Waals surface area contributed by atoms with Crippen molar-refractivity contribution < 1.29 is 0 Å². The Labute approximate surface area is 334 Å². The SMILES string of the molecule is CCCCCCC(C)C(C)CCCC(C)CC(CCC)C1C2CCCCC2C(C2CCCC(C3CCCC4CCCC(C)C(CC)C43)C2)C2CCCC21. The van der Waals surface area contributed by atoms with Gasteiger partial charge in [-0.25, -0.2) is 0 Å². The van der Waals surface area contributed by atoms with Crippen LogP contribution in [0.2, 0.25) is 0 Å². The topological polar surface area (TPSA) is 0 Å². The van der Waals surface area contributed by atoms with Gasteiger partial charge in [-0.15, -0.1) is 0 Å². The van der Waals surface area contributed by atoms with Crippen LogP contribution in [0.1, 0.15) is 235 Å². The summed E-state index contributed by atoms with van der Waals surface area (Å²) in [5.74, 6) is 17.7. The summed E-state index contributed by atoms with van der Waals surface area (Å²) in [6, 6.07) is 0. The van der Waals surface area contributed by atoms with E-state index in [1.807, 2.05) is 0 Å². The monoisotopic (exact) mass is 733 g/mol. The average molecular weight is 733 g/mol. The number of fused-ring (bicyclic) bond motifs is 3. The molecular weight excluding hydrogens is 637 g/mol. The molecule has 17 unspecified atom stereocenters. The van der Waals surface area contributed by atoms with Crippen molar-refractivity contribution in [2.75, 3.05) is 0 Å². The van der Waals surface area contributed by atoms with Crippen molar-refractivity contribution in [3.05, 3.63) is 0 Å². The van der Waals surface area contributed by atoms with Crippen LogP contribution in [0.5, 0.6) is 0 Å². The Morgan fingerprint density at radius 1 is 0.472 bits per heavy atom. The first-order valence-electron chi connectivity index (χ1n) is 25.9. The molecule has 0 heteroatoms. The fraction of sp³-hybridized carbons (Fsp3) is 1.00.